The number of hydrogen-bond donors (Lipinski definition) is 1. The van der Waals surface area contributed by atoms with Gasteiger partial charge in [0.25, 0.3) is 0 Å². The summed E-state index contributed by atoms with van der Waals surface area (Å²) in [6.45, 7) is 5.40. The molecule has 1 aromatic heterocycles. The van der Waals surface area contributed by atoms with Crippen LogP contribution in [0.1, 0.15) is 38.3 Å². The summed E-state index contributed by atoms with van der Waals surface area (Å²) in [5.74, 6) is 1.03. The van der Waals surface area contributed by atoms with Crippen molar-refractivity contribution in [1.29, 1.82) is 0 Å². The molecule has 0 amide bonds. The van der Waals surface area contributed by atoms with Crippen molar-refractivity contribution in [3.8, 4) is 0 Å². The molecule has 0 unspecified atom stereocenters. The fourth-order valence-electron chi connectivity index (χ4n) is 1.87. The molecule has 1 heterocycles. The van der Waals surface area contributed by atoms with E-state index in [1.165, 1.54) is 31.4 Å². The van der Waals surface area contributed by atoms with Crippen LogP contribution in [-0.4, -0.2) is 16.1 Å². The average Bonchev–Trinajstić information content (AvgIpc) is 2.96. The summed E-state index contributed by atoms with van der Waals surface area (Å²) < 4.78 is 2.24. The van der Waals surface area contributed by atoms with Crippen molar-refractivity contribution in [2.45, 2.75) is 45.7 Å². The van der Waals surface area contributed by atoms with Crippen molar-refractivity contribution in [3.05, 3.63) is 18.2 Å². The lowest BCUT2D eigenvalue weighted by Crippen LogP contribution is -2.17. The Hall–Kier alpha value is -0.830. The van der Waals surface area contributed by atoms with Gasteiger partial charge in [0.1, 0.15) is 0 Å². The van der Waals surface area contributed by atoms with E-state index in [0.29, 0.717) is 0 Å². The lowest BCUT2D eigenvalue weighted by molar-refractivity contribution is 0.574. The van der Waals surface area contributed by atoms with E-state index in [1.54, 1.807) is 0 Å². The average molecular weight is 207 g/mol. The van der Waals surface area contributed by atoms with Gasteiger partial charge in [-0.15, -0.1) is 0 Å². The van der Waals surface area contributed by atoms with E-state index in [1.807, 2.05) is 12.5 Å². The molecule has 1 aliphatic rings. The van der Waals surface area contributed by atoms with Crippen LogP contribution in [0.3, 0.4) is 0 Å². The number of imidazole rings is 1. The maximum atomic E-state index is 4.19. The van der Waals surface area contributed by atoms with Crippen molar-refractivity contribution >= 4 is 0 Å². The third-order valence-electron chi connectivity index (χ3n) is 3.00. The highest BCUT2D eigenvalue weighted by Crippen LogP contribution is 2.31. The van der Waals surface area contributed by atoms with Gasteiger partial charge in [-0.3, -0.25) is 0 Å². The van der Waals surface area contributed by atoms with Crippen LogP contribution >= 0.6 is 0 Å². The topological polar surface area (TPSA) is 29.9 Å². The quantitative estimate of drug-likeness (QED) is 0.695. The summed E-state index contributed by atoms with van der Waals surface area (Å²) in [7, 11) is 0. The normalized spacial score (nSPS) is 15.8. The molecule has 15 heavy (non-hydrogen) atoms. The molecule has 0 atom stereocenters. The van der Waals surface area contributed by atoms with Gasteiger partial charge in [0.05, 0.1) is 12.0 Å². The van der Waals surface area contributed by atoms with Gasteiger partial charge in [-0.1, -0.05) is 19.8 Å². The number of aromatic nitrogens is 2. The summed E-state index contributed by atoms with van der Waals surface area (Å²) in [5.41, 5.74) is 1.31. The first-order chi connectivity index (χ1) is 7.40. The molecule has 0 bridgehead atoms. The van der Waals surface area contributed by atoms with Crippen molar-refractivity contribution in [3.63, 3.8) is 0 Å². The Balaban J connectivity index is 1.68. The van der Waals surface area contributed by atoms with Crippen LogP contribution in [0.2, 0.25) is 0 Å². The molecular weight excluding hydrogens is 186 g/mol. The lowest BCUT2D eigenvalue weighted by Gasteiger charge is -2.07. The van der Waals surface area contributed by atoms with E-state index in [-0.39, 0.29) is 0 Å². The molecular formula is C12H21N3. The highest BCUT2D eigenvalue weighted by molar-refractivity contribution is 4.97. The zero-order chi connectivity index (χ0) is 10.5. The molecule has 1 aliphatic carbocycles. The van der Waals surface area contributed by atoms with E-state index in [9.17, 15) is 0 Å². The fraction of sp³-hybridized carbons (Fsp3) is 0.750. The second-order valence-electron chi connectivity index (χ2n) is 4.49. The van der Waals surface area contributed by atoms with Crippen molar-refractivity contribution in [2.75, 3.05) is 6.54 Å². The Morgan fingerprint density at radius 1 is 1.53 bits per heavy atom. The summed E-state index contributed by atoms with van der Waals surface area (Å²) in [6, 6.07) is 0. The van der Waals surface area contributed by atoms with Crippen LogP contribution in [-0.2, 0) is 13.1 Å². The highest BCUT2D eigenvalue weighted by Gasteiger charge is 2.19. The van der Waals surface area contributed by atoms with Crippen molar-refractivity contribution < 1.29 is 0 Å². The van der Waals surface area contributed by atoms with Gasteiger partial charge >= 0.3 is 0 Å². The molecule has 1 fully saturated rings. The molecule has 3 heteroatoms. The Morgan fingerprint density at radius 3 is 3.13 bits per heavy atom. The minimum absolute atomic E-state index is 0.965. The molecule has 2 rings (SSSR count). The van der Waals surface area contributed by atoms with Gasteiger partial charge in [-0.25, -0.2) is 4.98 Å². The first-order valence-electron chi connectivity index (χ1n) is 6.10. The van der Waals surface area contributed by atoms with Gasteiger partial charge in [0.15, 0.2) is 0 Å². The monoisotopic (exact) mass is 207 g/mol. The van der Waals surface area contributed by atoms with E-state index in [0.717, 1.165) is 25.6 Å². The summed E-state index contributed by atoms with van der Waals surface area (Å²) in [4.78, 5) is 4.19. The lowest BCUT2D eigenvalue weighted by atomic mass is 10.3. The van der Waals surface area contributed by atoms with E-state index >= 15 is 0 Å². The highest BCUT2D eigenvalue weighted by atomic mass is 15.1. The van der Waals surface area contributed by atoms with Crippen molar-refractivity contribution in [2.24, 2.45) is 5.92 Å². The molecule has 3 nitrogen and oxygen atoms in total. The molecule has 0 aromatic carbocycles. The standard InChI is InChI=1S/C12H21N3/c1-2-7-15-10-14-9-12(15)8-13-6-5-11-3-4-11/h9-11,13H,2-8H2,1H3. The predicted octanol–water partition coefficient (Wildman–Crippen LogP) is 2.18. The van der Waals surface area contributed by atoms with Crippen LogP contribution < -0.4 is 5.32 Å². The molecule has 1 N–H and O–H groups in total. The number of rotatable bonds is 7. The molecule has 0 spiro atoms. The van der Waals surface area contributed by atoms with Gasteiger partial charge in [-0.2, -0.15) is 0 Å². The maximum Gasteiger partial charge on any atom is 0.0948 e. The van der Waals surface area contributed by atoms with Gasteiger partial charge in [0.2, 0.25) is 0 Å². The largest absolute Gasteiger partial charge is 0.333 e. The van der Waals surface area contributed by atoms with E-state index in [2.05, 4.69) is 21.8 Å². The number of nitrogens with zero attached hydrogens (tertiary/aromatic N) is 2. The second kappa shape index (κ2) is 5.31. The van der Waals surface area contributed by atoms with Crippen molar-refractivity contribution in [1.82, 2.24) is 14.9 Å². The minimum atomic E-state index is 0.965. The molecule has 0 radical (unpaired) electrons. The van der Waals surface area contributed by atoms with Crippen LogP contribution in [0.25, 0.3) is 0 Å². The molecule has 1 saturated carbocycles. The summed E-state index contributed by atoms with van der Waals surface area (Å²) >= 11 is 0. The Morgan fingerprint density at radius 2 is 2.40 bits per heavy atom. The molecule has 84 valence electrons. The van der Waals surface area contributed by atoms with Gasteiger partial charge in [0, 0.05) is 19.3 Å². The maximum absolute atomic E-state index is 4.19. The Kier molecular flexibility index (Phi) is 3.78. The number of aryl methyl sites for hydroxylation is 1. The Labute approximate surface area is 91.9 Å². The van der Waals surface area contributed by atoms with Crippen LogP contribution in [0.5, 0.6) is 0 Å². The zero-order valence-electron chi connectivity index (χ0n) is 9.58. The zero-order valence-corrected chi connectivity index (χ0v) is 9.58. The third-order valence-corrected chi connectivity index (χ3v) is 3.00. The van der Waals surface area contributed by atoms with Crippen LogP contribution in [0.15, 0.2) is 12.5 Å². The number of nitrogens with one attached hydrogen (secondary N) is 1. The first kappa shape index (κ1) is 10.7. The molecule has 1 aromatic rings. The first-order valence-corrected chi connectivity index (χ1v) is 6.10. The second-order valence-corrected chi connectivity index (χ2v) is 4.49. The predicted molar refractivity (Wildman–Crippen MR) is 61.6 cm³/mol. The van der Waals surface area contributed by atoms with Gasteiger partial charge < -0.3 is 9.88 Å². The summed E-state index contributed by atoms with van der Waals surface area (Å²) in [5, 5.41) is 3.50. The van der Waals surface area contributed by atoms with Crippen LogP contribution in [0.4, 0.5) is 0 Å². The van der Waals surface area contributed by atoms with E-state index < -0.39 is 0 Å². The smallest absolute Gasteiger partial charge is 0.0948 e. The molecule has 0 saturated heterocycles. The molecule has 0 aliphatic heterocycles. The minimum Gasteiger partial charge on any atom is -0.333 e. The fourth-order valence-corrected chi connectivity index (χ4v) is 1.87. The third kappa shape index (κ3) is 3.34. The SMILES string of the molecule is CCCn1cncc1CNCCC1CC1. The van der Waals surface area contributed by atoms with Crippen LogP contribution in [0, 0.1) is 5.92 Å². The Bertz CT molecular complexity index is 289. The van der Waals surface area contributed by atoms with E-state index in [4.69, 9.17) is 0 Å². The summed E-state index contributed by atoms with van der Waals surface area (Å²) in [6.07, 6.45) is 9.33. The van der Waals surface area contributed by atoms with Gasteiger partial charge in [-0.05, 0) is 25.3 Å². The number of hydrogen-bond acceptors (Lipinski definition) is 2.